The molecule has 182 valence electrons. The maximum absolute atomic E-state index is 13.2. The Bertz CT molecular complexity index is 1280. The summed E-state index contributed by atoms with van der Waals surface area (Å²) in [4.78, 5) is 26.3. The van der Waals surface area contributed by atoms with Crippen molar-refractivity contribution in [1.29, 1.82) is 0 Å². The Hall–Kier alpha value is -4.82. The largest absolute Gasteiger partial charge is 0.508 e. The quantitative estimate of drug-likeness (QED) is 0.147. The lowest BCUT2D eigenvalue weighted by atomic mass is 10.1. The molecule has 0 heterocycles. The number of aromatic hydroxyl groups is 2. The summed E-state index contributed by atoms with van der Waals surface area (Å²) < 4.78 is 11.5. The zero-order valence-corrected chi connectivity index (χ0v) is 19.2. The molecule has 0 radical (unpaired) electrons. The first kappa shape index (κ1) is 24.3. The number of amides is 2. The van der Waals surface area contributed by atoms with E-state index in [0.29, 0.717) is 16.1 Å². The second kappa shape index (κ2) is 11.1. The van der Waals surface area contributed by atoms with Gasteiger partial charge in [-0.3, -0.25) is 9.59 Å². The number of nitrogens with zero attached hydrogens (tertiary/aromatic N) is 1. The van der Waals surface area contributed by atoms with Gasteiger partial charge in [-0.2, -0.15) is 0 Å². The number of phenols is 2. The Morgan fingerprint density at radius 3 is 1.39 bits per heavy atom. The van der Waals surface area contributed by atoms with Gasteiger partial charge in [0.15, 0.2) is 0 Å². The second-order valence-corrected chi connectivity index (χ2v) is 7.81. The third-order valence-corrected chi connectivity index (χ3v) is 5.42. The van der Waals surface area contributed by atoms with Gasteiger partial charge in [-0.25, -0.2) is 10.9 Å². The Morgan fingerprint density at radius 2 is 0.972 bits per heavy atom. The average molecular weight is 485 g/mol. The summed E-state index contributed by atoms with van der Waals surface area (Å²) in [6.45, 7) is 0.0248. The predicted molar refractivity (Wildman–Crippen MR) is 132 cm³/mol. The molecular weight excluding hydrogens is 460 g/mol. The summed E-state index contributed by atoms with van der Waals surface area (Å²) in [7, 11) is 0. The third kappa shape index (κ3) is 5.45. The van der Waals surface area contributed by atoms with Gasteiger partial charge >= 0.3 is 0 Å². The van der Waals surface area contributed by atoms with Crippen molar-refractivity contribution in [2.24, 2.45) is 5.84 Å². The van der Waals surface area contributed by atoms with Crippen LogP contribution in [0.3, 0.4) is 0 Å². The lowest BCUT2D eigenvalue weighted by Gasteiger charge is -2.19. The highest BCUT2D eigenvalue weighted by atomic mass is 16.5. The van der Waals surface area contributed by atoms with E-state index >= 15 is 0 Å². The number of phenolic OH excluding ortho intramolecular Hbond substituents is 2. The molecule has 0 fully saturated rings. The van der Waals surface area contributed by atoms with E-state index in [1.165, 1.54) is 24.3 Å². The van der Waals surface area contributed by atoms with E-state index in [9.17, 15) is 19.8 Å². The van der Waals surface area contributed by atoms with Crippen molar-refractivity contribution < 1.29 is 29.3 Å². The number of hydrogen-bond donors (Lipinski definition) is 3. The molecule has 0 unspecified atom stereocenters. The van der Waals surface area contributed by atoms with Crippen LogP contribution in [0.5, 0.6) is 23.0 Å². The minimum Gasteiger partial charge on any atom is -0.508 e. The number of imide groups is 1. The van der Waals surface area contributed by atoms with Crippen LogP contribution in [0.2, 0.25) is 0 Å². The van der Waals surface area contributed by atoms with E-state index in [0.717, 1.165) is 0 Å². The Balaban J connectivity index is 1.51. The Morgan fingerprint density at radius 1 is 0.611 bits per heavy atom. The van der Waals surface area contributed by atoms with Crippen LogP contribution in [0.15, 0.2) is 97.1 Å². The number of hydrogen-bond acceptors (Lipinski definition) is 7. The fourth-order valence-electron chi connectivity index (χ4n) is 3.47. The molecular formula is C28H24N2O6. The molecule has 4 aromatic rings. The van der Waals surface area contributed by atoms with Crippen LogP contribution in [0.25, 0.3) is 0 Å². The van der Waals surface area contributed by atoms with Crippen LogP contribution >= 0.6 is 0 Å². The molecule has 0 aromatic heterocycles. The summed E-state index contributed by atoms with van der Waals surface area (Å²) in [6, 6.07) is 26.1. The molecule has 0 spiro atoms. The third-order valence-electron chi connectivity index (χ3n) is 5.42. The highest BCUT2D eigenvalue weighted by Gasteiger charge is 2.26. The number of carbonyl (C=O) groups excluding carboxylic acids is 2. The Kier molecular flexibility index (Phi) is 7.48. The molecule has 0 saturated carbocycles. The number of ether oxygens (including phenoxy) is 2. The molecule has 0 bridgehead atoms. The molecule has 36 heavy (non-hydrogen) atoms. The van der Waals surface area contributed by atoms with Crippen LogP contribution in [-0.2, 0) is 13.2 Å². The molecule has 0 aliphatic carbocycles. The summed E-state index contributed by atoms with van der Waals surface area (Å²) >= 11 is 0. The van der Waals surface area contributed by atoms with Gasteiger partial charge in [0.05, 0.1) is 11.1 Å². The molecule has 0 aliphatic heterocycles. The summed E-state index contributed by atoms with van der Waals surface area (Å²) in [5.74, 6) is 4.97. The van der Waals surface area contributed by atoms with Gasteiger partial charge in [0.1, 0.15) is 36.2 Å². The van der Waals surface area contributed by atoms with E-state index < -0.39 is 11.8 Å². The summed E-state index contributed by atoms with van der Waals surface area (Å²) in [5, 5.41) is 20.4. The zero-order valence-electron chi connectivity index (χ0n) is 19.2. The van der Waals surface area contributed by atoms with E-state index in [1.54, 1.807) is 72.8 Å². The van der Waals surface area contributed by atoms with Crippen molar-refractivity contribution >= 4 is 11.8 Å². The summed E-state index contributed by atoms with van der Waals surface area (Å²) in [6.07, 6.45) is 0. The van der Waals surface area contributed by atoms with Gasteiger partial charge in [0, 0.05) is 11.1 Å². The average Bonchev–Trinajstić information content (AvgIpc) is 2.91. The number of rotatable bonds is 8. The highest BCUT2D eigenvalue weighted by Crippen LogP contribution is 2.26. The maximum atomic E-state index is 13.2. The van der Waals surface area contributed by atoms with Crippen molar-refractivity contribution in [3.8, 4) is 23.0 Å². The number of benzene rings is 4. The molecule has 4 aromatic carbocycles. The SMILES string of the molecule is NN(C(=O)c1ccccc1OCc1ccccc1O)C(=O)c1ccccc1OCc1ccccc1O. The van der Waals surface area contributed by atoms with E-state index in [1.807, 2.05) is 0 Å². The topological polar surface area (TPSA) is 122 Å². The minimum atomic E-state index is -0.775. The monoisotopic (exact) mass is 484 g/mol. The lowest BCUT2D eigenvalue weighted by molar-refractivity contribution is 0.0610. The molecule has 2 amide bonds. The smallest absolute Gasteiger partial charge is 0.278 e. The molecule has 4 N–H and O–H groups in total. The minimum absolute atomic E-state index is 0.0124. The molecule has 8 nitrogen and oxygen atoms in total. The van der Waals surface area contributed by atoms with E-state index in [4.69, 9.17) is 15.3 Å². The van der Waals surface area contributed by atoms with Crippen LogP contribution in [0.1, 0.15) is 31.8 Å². The highest BCUT2D eigenvalue weighted by molar-refractivity contribution is 6.11. The van der Waals surface area contributed by atoms with Gasteiger partial charge in [-0.15, -0.1) is 0 Å². The molecule has 0 atom stereocenters. The van der Waals surface area contributed by atoms with Crippen LogP contribution in [-0.4, -0.2) is 27.0 Å². The van der Waals surface area contributed by atoms with Gasteiger partial charge < -0.3 is 19.7 Å². The van der Waals surface area contributed by atoms with Gasteiger partial charge in [0.2, 0.25) is 0 Å². The first-order valence-electron chi connectivity index (χ1n) is 11.1. The fourth-order valence-corrected chi connectivity index (χ4v) is 3.47. The van der Waals surface area contributed by atoms with Crippen molar-refractivity contribution in [3.05, 3.63) is 119 Å². The summed E-state index contributed by atoms with van der Waals surface area (Å²) in [5.41, 5.74) is 1.24. The van der Waals surface area contributed by atoms with Crippen LogP contribution in [0, 0.1) is 0 Å². The van der Waals surface area contributed by atoms with E-state index in [2.05, 4.69) is 0 Å². The van der Waals surface area contributed by atoms with Crippen molar-refractivity contribution in [1.82, 2.24) is 5.01 Å². The normalized spacial score (nSPS) is 10.5. The lowest BCUT2D eigenvalue weighted by Crippen LogP contribution is -2.42. The van der Waals surface area contributed by atoms with Crippen molar-refractivity contribution in [2.45, 2.75) is 13.2 Å². The predicted octanol–water partition coefficient (Wildman–Crippen LogP) is 4.41. The number of nitrogens with two attached hydrogens (primary N) is 1. The molecule has 0 aliphatic rings. The van der Waals surface area contributed by atoms with Gasteiger partial charge in [0.25, 0.3) is 11.8 Å². The first-order valence-corrected chi connectivity index (χ1v) is 11.1. The van der Waals surface area contributed by atoms with Crippen molar-refractivity contribution in [2.75, 3.05) is 0 Å². The molecule has 0 saturated heterocycles. The molecule has 4 rings (SSSR count). The van der Waals surface area contributed by atoms with Gasteiger partial charge in [-0.1, -0.05) is 60.7 Å². The number of carbonyl (C=O) groups is 2. The standard InChI is InChI=1S/C28H24N2O6/c29-30(27(33)21-11-3-7-15-25(21)35-17-19-9-1-5-13-23(19)31)28(34)22-12-4-8-16-26(22)36-18-20-10-2-6-14-24(20)32/h1-16,31-32H,17-18,29H2. The number of para-hydroxylation sites is 4. The van der Waals surface area contributed by atoms with Gasteiger partial charge in [-0.05, 0) is 36.4 Å². The van der Waals surface area contributed by atoms with Crippen LogP contribution in [0.4, 0.5) is 0 Å². The van der Waals surface area contributed by atoms with E-state index in [-0.39, 0.29) is 47.3 Å². The zero-order chi connectivity index (χ0) is 25.5. The van der Waals surface area contributed by atoms with Crippen molar-refractivity contribution in [3.63, 3.8) is 0 Å². The maximum Gasteiger partial charge on any atom is 0.278 e. The Labute approximate surface area is 207 Å². The number of hydrazine groups is 1. The first-order chi connectivity index (χ1) is 17.5. The molecule has 8 heteroatoms. The van der Waals surface area contributed by atoms with Crippen LogP contribution < -0.4 is 15.3 Å². The second-order valence-electron chi connectivity index (χ2n) is 7.81. The fraction of sp³-hybridized carbons (Fsp3) is 0.0714.